The van der Waals surface area contributed by atoms with E-state index in [-0.39, 0.29) is 18.3 Å². The van der Waals surface area contributed by atoms with Gasteiger partial charge < -0.3 is 4.74 Å². The van der Waals surface area contributed by atoms with Crippen molar-refractivity contribution in [3.63, 3.8) is 0 Å². The van der Waals surface area contributed by atoms with Gasteiger partial charge in [-0.25, -0.2) is 4.21 Å². The van der Waals surface area contributed by atoms with Crippen LogP contribution in [0.2, 0.25) is 0 Å². The van der Waals surface area contributed by atoms with Crippen LogP contribution in [0.3, 0.4) is 0 Å². The van der Waals surface area contributed by atoms with E-state index in [1.54, 1.807) is 0 Å². The predicted molar refractivity (Wildman–Crippen MR) is 33.8 cm³/mol. The van der Waals surface area contributed by atoms with Gasteiger partial charge in [-0.3, -0.25) is 9.93 Å². The first-order valence-corrected chi connectivity index (χ1v) is 3.77. The fraction of sp³-hybridized carbons (Fsp3) is 0.750. The summed E-state index contributed by atoms with van der Waals surface area (Å²) in [6, 6.07) is 0. The highest BCUT2D eigenvalue weighted by molar-refractivity contribution is 7.82. The van der Waals surface area contributed by atoms with E-state index in [4.69, 9.17) is 5.14 Å². The average Bonchev–Trinajstić information content (AvgIpc) is 1.63. The van der Waals surface area contributed by atoms with Gasteiger partial charge in [0.15, 0.2) is 0 Å². The minimum Gasteiger partial charge on any atom is -0.465 e. The first-order chi connectivity index (χ1) is 4.13. The molecule has 9 heavy (non-hydrogen) atoms. The Kier molecular flexibility index (Phi) is 4.25. The van der Waals surface area contributed by atoms with Gasteiger partial charge in [0.05, 0.1) is 16.7 Å². The third-order valence-corrected chi connectivity index (χ3v) is 1.16. The summed E-state index contributed by atoms with van der Waals surface area (Å²) in [6.45, 7) is 1.43. The summed E-state index contributed by atoms with van der Waals surface area (Å²) in [6.07, 6.45) is 0. The molecule has 0 aromatic rings. The van der Waals surface area contributed by atoms with Gasteiger partial charge in [0.1, 0.15) is 6.61 Å². The van der Waals surface area contributed by atoms with Crippen LogP contribution in [-0.4, -0.2) is 22.5 Å². The van der Waals surface area contributed by atoms with Crippen LogP contribution < -0.4 is 5.14 Å². The molecule has 1 atom stereocenters. The van der Waals surface area contributed by atoms with Crippen molar-refractivity contribution in [2.24, 2.45) is 5.14 Å². The summed E-state index contributed by atoms with van der Waals surface area (Å²) in [5.41, 5.74) is 0. The molecule has 2 N–H and O–H groups in total. The molecule has 1 unspecified atom stereocenters. The highest BCUT2D eigenvalue weighted by atomic mass is 32.2. The van der Waals surface area contributed by atoms with Crippen LogP contribution >= 0.6 is 0 Å². The number of esters is 1. The van der Waals surface area contributed by atoms with E-state index in [0.717, 1.165) is 0 Å². The monoisotopic (exact) mass is 151 g/mol. The lowest BCUT2D eigenvalue weighted by molar-refractivity contribution is -0.140. The van der Waals surface area contributed by atoms with E-state index in [9.17, 15) is 9.00 Å². The van der Waals surface area contributed by atoms with E-state index in [1.807, 2.05) is 0 Å². The van der Waals surface area contributed by atoms with Gasteiger partial charge in [0.2, 0.25) is 0 Å². The van der Waals surface area contributed by atoms with Gasteiger partial charge in [-0.05, 0) is 0 Å². The molecule has 0 aliphatic rings. The second-order valence-electron chi connectivity index (χ2n) is 1.42. The zero-order chi connectivity index (χ0) is 7.28. The van der Waals surface area contributed by atoms with E-state index >= 15 is 0 Å². The molecule has 0 amide bonds. The van der Waals surface area contributed by atoms with Crippen LogP contribution in [-0.2, 0) is 20.5 Å². The van der Waals surface area contributed by atoms with Crippen LogP contribution in [0.15, 0.2) is 0 Å². The summed E-state index contributed by atoms with van der Waals surface area (Å²) >= 11 is 0. The van der Waals surface area contributed by atoms with Crippen molar-refractivity contribution in [1.82, 2.24) is 0 Å². The van der Waals surface area contributed by atoms with Crippen LogP contribution in [0.4, 0.5) is 0 Å². The van der Waals surface area contributed by atoms with Gasteiger partial charge in [-0.15, -0.1) is 0 Å². The Balaban J connectivity index is 3.10. The lowest BCUT2D eigenvalue weighted by atomic mass is 10.8. The SMILES string of the molecule is CC(=O)OCCS(N)=O. The Labute approximate surface area is 56.0 Å². The van der Waals surface area contributed by atoms with Gasteiger partial charge in [-0.1, -0.05) is 0 Å². The summed E-state index contributed by atoms with van der Waals surface area (Å²) in [7, 11) is -1.36. The summed E-state index contributed by atoms with van der Waals surface area (Å²) in [5.74, 6) is -0.167. The maximum atomic E-state index is 10.1. The normalized spacial score (nSPS) is 12.7. The molecule has 0 aromatic heterocycles. The Morgan fingerprint density at radius 3 is 2.67 bits per heavy atom. The van der Waals surface area contributed by atoms with E-state index in [1.165, 1.54) is 6.92 Å². The molecule has 0 aliphatic carbocycles. The molecule has 0 saturated heterocycles. The number of hydrogen-bond donors (Lipinski definition) is 1. The predicted octanol–water partition coefficient (Wildman–Crippen LogP) is -0.828. The molecule has 0 rings (SSSR count). The first kappa shape index (κ1) is 8.58. The number of carbonyl (C=O) groups excluding carboxylic acids is 1. The van der Waals surface area contributed by atoms with Crippen LogP contribution in [0.25, 0.3) is 0 Å². The molecule has 54 valence electrons. The summed E-state index contributed by atoms with van der Waals surface area (Å²) in [4.78, 5) is 10.1. The van der Waals surface area contributed by atoms with Gasteiger partial charge in [0, 0.05) is 6.92 Å². The Hall–Kier alpha value is -0.420. The van der Waals surface area contributed by atoms with Gasteiger partial charge in [-0.2, -0.15) is 0 Å². The molecule has 0 heterocycles. The number of carbonyl (C=O) groups is 1. The average molecular weight is 151 g/mol. The quantitative estimate of drug-likeness (QED) is 0.535. The van der Waals surface area contributed by atoms with Gasteiger partial charge >= 0.3 is 5.97 Å². The van der Waals surface area contributed by atoms with Crippen molar-refractivity contribution < 1.29 is 13.7 Å². The maximum Gasteiger partial charge on any atom is 0.302 e. The zero-order valence-corrected chi connectivity index (χ0v) is 5.94. The molecule has 5 heteroatoms. The van der Waals surface area contributed by atoms with Crippen LogP contribution in [0.5, 0.6) is 0 Å². The molecule has 0 aliphatic heterocycles. The fourth-order valence-corrected chi connectivity index (χ4v) is 0.515. The molecule has 0 spiro atoms. The number of rotatable bonds is 3. The second-order valence-corrected chi connectivity index (χ2v) is 2.59. The van der Waals surface area contributed by atoms with Crippen molar-refractivity contribution in [3.05, 3.63) is 0 Å². The van der Waals surface area contributed by atoms with Crippen molar-refractivity contribution in [2.75, 3.05) is 12.4 Å². The molecular weight excluding hydrogens is 142 g/mol. The lowest BCUT2D eigenvalue weighted by Crippen LogP contribution is -2.14. The topological polar surface area (TPSA) is 69.4 Å². The van der Waals surface area contributed by atoms with Crippen LogP contribution in [0, 0.1) is 0 Å². The third-order valence-electron chi connectivity index (χ3n) is 0.590. The highest BCUT2D eigenvalue weighted by Gasteiger charge is 1.93. The van der Waals surface area contributed by atoms with E-state index in [2.05, 4.69) is 4.74 Å². The third kappa shape index (κ3) is 7.58. The van der Waals surface area contributed by atoms with Crippen molar-refractivity contribution in [3.8, 4) is 0 Å². The molecule has 4 nitrogen and oxygen atoms in total. The molecule has 0 radical (unpaired) electrons. The number of ether oxygens (including phenoxy) is 1. The summed E-state index contributed by atoms with van der Waals surface area (Å²) < 4.78 is 14.6. The molecular formula is C4H9NO3S. The van der Waals surface area contributed by atoms with E-state index in [0.29, 0.717) is 0 Å². The molecule has 0 bridgehead atoms. The minimum absolute atomic E-state index is 0.137. The minimum atomic E-state index is -1.36. The van der Waals surface area contributed by atoms with Crippen molar-refractivity contribution >= 4 is 17.0 Å². The maximum absolute atomic E-state index is 10.1. The first-order valence-electron chi connectivity index (χ1n) is 2.39. The molecule has 0 fully saturated rings. The lowest BCUT2D eigenvalue weighted by Gasteiger charge is -1.96. The Bertz CT molecular complexity index is 111. The van der Waals surface area contributed by atoms with Crippen molar-refractivity contribution in [2.45, 2.75) is 6.92 Å². The zero-order valence-electron chi connectivity index (χ0n) is 5.12. The number of hydrogen-bond acceptors (Lipinski definition) is 3. The second kappa shape index (κ2) is 4.46. The Morgan fingerprint density at radius 1 is 1.78 bits per heavy atom. The van der Waals surface area contributed by atoms with E-state index < -0.39 is 11.0 Å². The fourth-order valence-electron chi connectivity index (χ4n) is 0.268. The number of nitrogens with two attached hydrogens (primary N) is 1. The van der Waals surface area contributed by atoms with Crippen LogP contribution in [0.1, 0.15) is 6.92 Å². The Morgan fingerprint density at radius 2 is 2.33 bits per heavy atom. The van der Waals surface area contributed by atoms with Gasteiger partial charge in [0.25, 0.3) is 0 Å². The molecule has 0 aromatic carbocycles. The smallest absolute Gasteiger partial charge is 0.302 e. The standard InChI is InChI=1S/C4H9NO3S/c1-4(6)8-2-3-9(5)7/h2-3,5H2,1H3. The highest BCUT2D eigenvalue weighted by Crippen LogP contribution is 1.76. The molecule has 0 saturated carbocycles. The van der Waals surface area contributed by atoms with Crippen molar-refractivity contribution in [1.29, 1.82) is 0 Å². The summed E-state index contributed by atoms with van der Waals surface area (Å²) in [5, 5.41) is 4.86. The largest absolute Gasteiger partial charge is 0.465 e.